The molecule has 110 valence electrons. The second-order valence-electron chi connectivity index (χ2n) is 5.95. The second kappa shape index (κ2) is 6.37. The molecule has 4 nitrogen and oxygen atoms in total. The minimum absolute atomic E-state index is 0.144. The first kappa shape index (κ1) is 15.0. The van der Waals surface area contributed by atoms with Gasteiger partial charge < -0.3 is 16.2 Å². The van der Waals surface area contributed by atoms with Crippen LogP contribution in [0.3, 0.4) is 0 Å². The van der Waals surface area contributed by atoms with Gasteiger partial charge in [-0.3, -0.25) is 4.79 Å². The van der Waals surface area contributed by atoms with E-state index in [1.807, 2.05) is 30.3 Å². The van der Waals surface area contributed by atoms with E-state index in [1.54, 1.807) is 6.92 Å². The van der Waals surface area contributed by atoms with E-state index in [0.717, 1.165) is 31.2 Å². The highest BCUT2D eigenvalue weighted by Gasteiger charge is 2.30. The zero-order valence-corrected chi connectivity index (χ0v) is 12.0. The van der Waals surface area contributed by atoms with Crippen molar-refractivity contribution in [2.75, 3.05) is 6.54 Å². The number of aliphatic hydroxyl groups excluding tert-OH is 1. The van der Waals surface area contributed by atoms with Crippen LogP contribution < -0.4 is 11.1 Å². The summed E-state index contributed by atoms with van der Waals surface area (Å²) in [6.45, 7) is 2.38. The molecule has 2 rings (SSSR count). The van der Waals surface area contributed by atoms with Gasteiger partial charge in [0.15, 0.2) is 0 Å². The number of amides is 1. The molecule has 1 atom stereocenters. The summed E-state index contributed by atoms with van der Waals surface area (Å²) in [6.07, 6.45) is 3.44. The fourth-order valence-electron chi connectivity index (χ4n) is 2.69. The number of nitrogens with two attached hydrogens (primary N) is 1. The SMILES string of the molecule is CC(N)(C(=O)NCC1CCC(O)CC1)c1ccccc1. The normalized spacial score (nSPS) is 25.8. The van der Waals surface area contributed by atoms with Gasteiger partial charge in [-0.2, -0.15) is 0 Å². The van der Waals surface area contributed by atoms with Gasteiger partial charge in [0.1, 0.15) is 5.54 Å². The number of benzene rings is 1. The highest BCUT2D eigenvalue weighted by atomic mass is 16.3. The molecule has 0 saturated heterocycles. The summed E-state index contributed by atoms with van der Waals surface area (Å²) in [7, 11) is 0. The number of hydrogen-bond donors (Lipinski definition) is 3. The average Bonchev–Trinajstić information content (AvgIpc) is 2.47. The molecule has 0 aromatic heterocycles. The van der Waals surface area contributed by atoms with Gasteiger partial charge in [-0.1, -0.05) is 30.3 Å². The Hall–Kier alpha value is -1.39. The Balaban J connectivity index is 1.88. The van der Waals surface area contributed by atoms with Crippen LogP contribution in [0.1, 0.15) is 38.2 Å². The molecule has 1 aromatic carbocycles. The molecule has 1 aromatic rings. The minimum Gasteiger partial charge on any atom is -0.393 e. The maximum Gasteiger partial charge on any atom is 0.244 e. The molecule has 4 N–H and O–H groups in total. The van der Waals surface area contributed by atoms with Gasteiger partial charge in [-0.25, -0.2) is 0 Å². The van der Waals surface area contributed by atoms with E-state index < -0.39 is 5.54 Å². The molecule has 0 bridgehead atoms. The lowest BCUT2D eigenvalue weighted by molar-refractivity contribution is -0.126. The van der Waals surface area contributed by atoms with E-state index in [-0.39, 0.29) is 12.0 Å². The van der Waals surface area contributed by atoms with E-state index in [2.05, 4.69) is 5.32 Å². The molecule has 1 unspecified atom stereocenters. The van der Waals surface area contributed by atoms with Crippen molar-refractivity contribution in [2.45, 2.75) is 44.2 Å². The van der Waals surface area contributed by atoms with Gasteiger partial charge >= 0.3 is 0 Å². The monoisotopic (exact) mass is 276 g/mol. The van der Waals surface area contributed by atoms with Crippen LogP contribution in [0.4, 0.5) is 0 Å². The molecule has 1 fully saturated rings. The third-order valence-corrected chi connectivity index (χ3v) is 4.21. The van der Waals surface area contributed by atoms with E-state index in [0.29, 0.717) is 12.5 Å². The number of hydrogen-bond acceptors (Lipinski definition) is 3. The van der Waals surface area contributed by atoms with Crippen LogP contribution in [0, 0.1) is 5.92 Å². The Morgan fingerprint density at radius 1 is 1.30 bits per heavy atom. The van der Waals surface area contributed by atoms with Gasteiger partial charge in [0.05, 0.1) is 6.10 Å². The fourth-order valence-corrected chi connectivity index (χ4v) is 2.69. The Morgan fingerprint density at radius 3 is 2.50 bits per heavy atom. The molecular weight excluding hydrogens is 252 g/mol. The molecule has 20 heavy (non-hydrogen) atoms. The van der Waals surface area contributed by atoms with Crippen molar-refractivity contribution in [3.8, 4) is 0 Å². The first-order valence-electron chi connectivity index (χ1n) is 7.31. The smallest absolute Gasteiger partial charge is 0.244 e. The van der Waals surface area contributed by atoms with Crippen LogP contribution in [0.25, 0.3) is 0 Å². The Labute approximate surface area is 120 Å². The molecule has 1 saturated carbocycles. The molecular formula is C16H24N2O2. The maximum atomic E-state index is 12.3. The average molecular weight is 276 g/mol. The van der Waals surface area contributed by atoms with Gasteiger partial charge in [-0.15, -0.1) is 0 Å². The summed E-state index contributed by atoms with van der Waals surface area (Å²) in [4.78, 5) is 12.3. The third kappa shape index (κ3) is 3.58. The molecule has 0 aliphatic heterocycles. The molecule has 0 radical (unpaired) electrons. The van der Waals surface area contributed by atoms with Crippen molar-refractivity contribution in [1.82, 2.24) is 5.32 Å². The molecule has 1 amide bonds. The van der Waals surface area contributed by atoms with Crippen molar-refractivity contribution in [1.29, 1.82) is 0 Å². The first-order chi connectivity index (χ1) is 9.50. The Kier molecular flexibility index (Phi) is 4.78. The molecule has 4 heteroatoms. The van der Waals surface area contributed by atoms with Gasteiger partial charge in [-0.05, 0) is 44.1 Å². The van der Waals surface area contributed by atoms with E-state index in [1.165, 1.54) is 0 Å². The van der Waals surface area contributed by atoms with Crippen LogP contribution >= 0.6 is 0 Å². The second-order valence-corrected chi connectivity index (χ2v) is 5.95. The van der Waals surface area contributed by atoms with Gasteiger partial charge in [0.2, 0.25) is 5.91 Å². The predicted octanol–water partition coefficient (Wildman–Crippen LogP) is 1.53. The first-order valence-corrected chi connectivity index (χ1v) is 7.31. The molecule has 0 heterocycles. The third-order valence-electron chi connectivity index (χ3n) is 4.21. The zero-order valence-electron chi connectivity index (χ0n) is 12.0. The number of rotatable bonds is 4. The Bertz CT molecular complexity index is 437. The fraction of sp³-hybridized carbons (Fsp3) is 0.562. The number of aliphatic hydroxyl groups is 1. The highest BCUT2D eigenvalue weighted by Crippen LogP contribution is 2.24. The largest absolute Gasteiger partial charge is 0.393 e. The number of carbonyl (C=O) groups is 1. The lowest BCUT2D eigenvalue weighted by Crippen LogP contribution is -2.50. The van der Waals surface area contributed by atoms with E-state index >= 15 is 0 Å². The molecule has 1 aliphatic carbocycles. The Morgan fingerprint density at radius 2 is 1.90 bits per heavy atom. The van der Waals surface area contributed by atoms with Crippen LogP contribution in [0.5, 0.6) is 0 Å². The predicted molar refractivity (Wildman–Crippen MR) is 79.0 cm³/mol. The van der Waals surface area contributed by atoms with Crippen LogP contribution in [0.15, 0.2) is 30.3 Å². The number of carbonyl (C=O) groups excluding carboxylic acids is 1. The van der Waals surface area contributed by atoms with E-state index in [9.17, 15) is 9.90 Å². The summed E-state index contributed by atoms with van der Waals surface area (Å²) in [5, 5.41) is 12.4. The van der Waals surface area contributed by atoms with Crippen molar-refractivity contribution < 1.29 is 9.90 Å². The van der Waals surface area contributed by atoms with Crippen molar-refractivity contribution in [2.24, 2.45) is 11.7 Å². The van der Waals surface area contributed by atoms with E-state index in [4.69, 9.17) is 5.73 Å². The number of nitrogens with one attached hydrogen (secondary N) is 1. The lowest BCUT2D eigenvalue weighted by Gasteiger charge is -2.28. The summed E-state index contributed by atoms with van der Waals surface area (Å²) in [5.41, 5.74) is 5.98. The van der Waals surface area contributed by atoms with Crippen LogP contribution in [-0.4, -0.2) is 23.7 Å². The van der Waals surface area contributed by atoms with Gasteiger partial charge in [0.25, 0.3) is 0 Å². The van der Waals surface area contributed by atoms with Crippen molar-refractivity contribution >= 4 is 5.91 Å². The summed E-state index contributed by atoms with van der Waals surface area (Å²) >= 11 is 0. The summed E-state index contributed by atoms with van der Waals surface area (Å²) < 4.78 is 0. The van der Waals surface area contributed by atoms with Crippen LogP contribution in [-0.2, 0) is 10.3 Å². The van der Waals surface area contributed by atoms with Crippen LogP contribution in [0.2, 0.25) is 0 Å². The standard InChI is InChI=1S/C16H24N2O2/c1-16(17,13-5-3-2-4-6-13)15(20)18-11-12-7-9-14(19)10-8-12/h2-6,12,14,19H,7-11,17H2,1H3,(H,18,20). The zero-order chi connectivity index (χ0) is 14.6. The highest BCUT2D eigenvalue weighted by molar-refractivity contribution is 5.86. The quantitative estimate of drug-likeness (QED) is 0.780. The molecule has 1 aliphatic rings. The van der Waals surface area contributed by atoms with Crippen molar-refractivity contribution in [3.05, 3.63) is 35.9 Å². The summed E-state index contributed by atoms with van der Waals surface area (Å²) in [5.74, 6) is 0.309. The van der Waals surface area contributed by atoms with Crippen molar-refractivity contribution in [3.63, 3.8) is 0 Å². The minimum atomic E-state index is -1.00. The maximum absolute atomic E-state index is 12.3. The lowest BCUT2D eigenvalue weighted by atomic mass is 9.87. The summed E-state index contributed by atoms with van der Waals surface area (Å²) in [6, 6.07) is 9.42. The van der Waals surface area contributed by atoms with Gasteiger partial charge in [0, 0.05) is 6.54 Å². The topological polar surface area (TPSA) is 75.4 Å². The molecule has 0 spiro atoms.